The van der Waals surface area contributed by atoms with Gasteiger partial charge in [0.2, 0.25) is 5.91 Å². The van der Waals surface area contributed by atoms with Crippen molar-refractivity contribution < 1.29 is 4.79 Å². The fourth-order valence-electron chi connectivity index (χ4n) is 2.24. The first-order valence-electron chi connectivity index (χ1n) is 6.53. The lowest BCUT2D eigenvalue weighted by molar-refractivity contribution is -0.140. The predicted molar refractivity (Wildman–Crippen MR) is 67.3 cm³/mol. The Morgan fingerprint density at radius 2 is 2.19 bits per heavy atom. The number of rotatable bonds is 5. The summed E-state index contributed by atoms with van der Waals surface area (Å²) in [4.78, 5) is 14.5. The molecule has 0 aliphatic carbocycles. The first-order valence-corrected chi connectivity index (χ1v) is 6.53. The van der Waals surface area contributed by atoms with E-state index in [1.807, 2.05) is 4.90 Å². The SMILES string of the molecule is CCC(C)CN(CC)C(=O)C1(C)CCNC1. The van der Waals surface area contributed by atoms with E-state index in [0.29, 0.717) is 11.8 Å². The normalized spacial score (nSPS) is 26.8. The van der Waals surface area contributed by atoms with E-state index in [2.05, 4.69) is 33.0 Å². The van der Waals surface area contributed by atoms with Crippen molar-refractivity contribution in [1.82, 2.24) is 10.2 Å². The van der Waals surface area contributed by atoms with Gasteiger partial charge in [-0.15, -0.1) is 0 Å². The van der Waals surface area contributed by atoms with Crippen LogP contribution in [0.25, 0.3) is 0 Å². The van der Waals surface area contributed by atoms with Crippen molar-refractivity contribution in [2.75, 3.05) is 26.2 Å². The van der Waals surface area contributed by atoms with Gasteiger partial charge in [0.05, 0.1) is 5.41 Å². The fraction of sp³-hybridized carbons (Fsp3) is 0.923. The molecule has 0 bridgehead atoms. The third kappa shape index (κ3) is 2.97. The average Bonchev–Trinajstić information content (AvgIpc) is 2.73. The molecule has 0 aromatic carbocycles. The Kier molecular flexibility index (Phi) is 4.78. The fourth-order valence-corrected chi connectivity index (χ4v) is 2.24. The molecular weight excluding hydrogens is 200 g/mol. The zero-order valence-electron chi connectivity index (χ0n) is 11.2. The highest BCUT2D eigenvalue weighted by Crippen LogP contribution is 2.27. The molecular formula is C13H26N2O. The van der Waals surface area contributed by atoms with Gasteiger partial charge in [-0.3, -0.25) is 4.79 Å². The summed E-state index contributed by atoms with van der Waals surface area (Å²) in [6.45, 7) is 12.1. The van der Waals surface area contributed by atoms with E-state index in [4.69, 9.17) is 0 Å². The molecule has 1 aliphatic rings. The molecule has 0 saturated carbocycles. The standard InChI is InChI=1S/C13H26N2O/c1-5-11(3)9-15(6-2)12(16)13(4)7-8-14-10-13/h11,14H,5-10H2,1-4H3. The van der Waals surface area contributed by atoms with Crippen LogP contribution in [0.4, 0.5) is 0 Å². The molecule has 1 rings (SSSR count). The first-order chi connectivity index (χ1) is 7.53. The molecule has 1 heterocycles. The van der Waals surface area contributed by atoms with Crippen LogP contribution in [-0.4, -0.2) is 37.0 Å². The van der Waals surface area contributed by atoms with Gasteiger partial charge in [-0.25, -0.2) is 0 Å². The highest BCUT2D eigenvalue weighted by atomic mass is 16.2. The van der Waals surface area contributed by atoms with Crippen LogP contribution in [0.3, 0.4) is 0 Å². The number of nitrogens with one attached hydrogen (secondary N) is 1. The molecule has 0 aromatic rings. The van der Waals surface area contributed by atoms with Crippen molar-refractivity contribution in [2.24, 2.45) is 11.3 Å². The van der Waals surface area contributed by atoms with Crippen molar-refractivity contribution >= 4 is 5.91 Å². The predicted octanol–water partition coefficient (Wildman–Crippen LogP) is 1.88. The Bertz CT molecular complexity index is 234. The molecule has 1 aliphatic heterocycles. The summed E-state index contributed by atoms with van der Waals surface area (Å²) in [5.74, 6) is 0.933. The van der Waals surface area contributed by atoms with Crippen molar-refractivity contribution in [3.8, 4) is 0 Å². The maximum Gasteiger partial charge on any atom is 0.229 e. The molecule has 3 heteroatoms. The van der Waals surface area contributed by atoms with Gasteiger partial charge in [0, 0.05) is 19.6 Å². The second kappa shape index (κ2) is 5.67. The van der Waals surface area contributed by atoms with Crippen molar-refractivity contribution in [3.05, 3.63) is 0 Å². The van der Waals surface area contributed by atoms with Crippen LogP contribution < -0.4 is 5.32 Å². The molecule has 2 unspecified atom stereocenters. The maximum atomic E-state index is 12.4. The van der Waals surface area contributed by atoms with Gasteiger partial charge < -0.3 is 10.2 Å². The minimum absolute atomic E-state index is 0.163. The zero-order valence-corrected chi connectivity index (χ0v) is 11.2. The summed E-state index contributed by atoms with van der Waals surface area (Å²) in [6, 6.07) is 0. The molecule has 1 N–H and O–H groups in total. The Morgan fingerprint density at radius 3 is 2.62 bits per heavy atom. The van der Waals surface area contributed by atoms with E-state index in [-0.39, 0.29) is 5.41 Å². The second-order valence-corrected chi connectivity index (χ2v) is 5.34. The third-order valence-electron chi connectivity index (χ3n) is 3.78. The molecule has 16 heavy (non-hydrogen) atoms. The minimum atomic E-state index is -0.163. The summed E-state index contributed by atoms with van der Waals surface area (Å²) in [5.41, 5.74) is -0.163. The Morgan fingerprint density at radius 1 is 1.50 bits per heavy atom. The van der Waals surface area contributed by atoms with Crippen molar-refractivity contribution in [3.63, 3.8) is 0 Å². The van der Waals surface area contributed by atoms with Crippen LogP contribution in [0.15, 0.2) is 0 Å². The lowest BCUT2D eigenvalue weighted by Gasteiger charge is -2.32. The van der Waals surface area contributed by atoms with Gasteiger partial charge in [0.1, 0.15) is 0 Å². The maximum absolute atomic E-state index is 12.4. The van der Waals surface area contributed by atoms with Crippen LogP contribution >= 0.6 is 0 Å². The molecule has 0 radical (unpaired) electrons. The molecule has 0 spiro atoms. The van der Waals surface area contributed by atoms with Gasteiger partial charge in [0.25, 0.3) is 0 Å². The number of carbonyl (C=O) groups is 1. The number of hydrogen-bond donors (Lipinski definition) is 1. The van der Waals surface area contributed by atoms with Gasteiger partial charge in [-0.05, 0) is 32.7 Å². The Balaban J connectivity index is 2.61. The van der Waals surface area contributed by atoms with Crippen LogP contribution in [-0.2, 0) is 4.79 Å². The summed E-state index contributed by atoms with van der Waals surface area (Å²) in [6.07, 6.45) is 2.11. The lowest BCUT2D eigenvalue weighted by atomic mass is 9.87. The molecule has 1 amide bonds. The first kappa shape index (κ1) is 13.5. The van der Waals surface area contributed by atoms with E-state index >= 15 is 0 Å². The molecule has 94 valence electrons. The number of nitrogens with zero attached hydrogens (tertiary/aromatic N) is 1. The second-order valence-electron chi connectivity index (χ2n) is 5.34. The molecule has 1 saturated heterocycles. The monoisotopic (exact) mass is 226 g/mol. The summed E-state index contributed by atoms with van der Waals surface area (Å²) >= 11 is 0. The molecule has 1 fully saturated rings. The molecule has 0 aromatic heterocycles. The van der Waals surface area contributed by atoms with Gasteiger partial charge in [0.15, 0.2) is 0 Å². The average molecular weight is 226 g/mol. The van der Waals surface area contributed by atoms with Crippen LogP contribution in [0.2, 0.25) is 0 Å². The van der Waals surface area contributed by atoms with Crippen LogP contribution in [0.1, 0.15) is 40.5 Å². The Labute approximate surface area is 99.6 Å². The van der Waals surface area contributed by atoms with E-state index in [0.717, 1.165) is 39.0 Å². The topological polar surface area (TPSA) is 32.3 Å². The van der Waals surface area contributed by atoms with Crippen molar-refractivity contribution in [1.29, 1.82) is 0 Å². The summed E-state index contributed by atoms with van der Waals surface area (Å²) < 4.78 is 0. The zero-order chi connectivity index (χ0) is 12.2. The van der Waals surface area contributed by atoms with E-state index in [1.54, 1.807) is 0 Å². The van der Waals surface area contributed by atoms with E-state index in [1.165, 1.54) is 0 Å². The third-order valence-corrected chi connectivity index (χ3v) is 3.78. The van der Waals surface area contributed by atoms with E-state index in [9.17, 15) is 4.79 Å². The lowest BCUT2D eigenvalue weighted by Crippen LogP contribution is -2.45. The molecule has 2 atom stereocenters. The number of carbonyl (C=O) groups excluding carboxylic acids is 1. The number of hydrogen-bond acceptors (Lipinski definition) is 2. The smallest absolute Gasteiger partial charge is 0.229 e. The summed E-state index contributed by atoms with van der Waals surface area (Å²) in [5, 5.41) is 3.29. The van der Waals surface area contributed by atoms with Crippen molar-refractivity contribution in [2.45, 2.75) is 40.5 Å². The Hall–Kier alpha value is -0.570. The highest BCUT2D eigenvalue weighted by molar-refractivity contribution is 5.83. The summed E-state index contributed by atoms with van der Waals surface area (Å²) in [7, 11) is 0. The van der Waals surface area contributed by atoms with Gasteiger partial charge >= 0.3 is 0 Å². The quantitative estimate of drug-likeness (QED) is 0.776. The van der Waals surface area contributed by atoms with Crippen LogP contribution in [0, 0.1) is 11.3 Å². The van der Waals surface area contributed by atoms with Crippen LogP contribution in [0.5, 0.6) is 0 Å². The molecule has 3 nitrogen and oxygen atoms in total. The highest BCUT2D eigenvalue weighted by Gasteiger charge is 2.38. The van der Waals surface area contributed by atoms with Gasteiger partial charge in [-0.1, -0.05) is 20.3 Å². The largest absolute Gasteiger partial charge is 0.342 e. The number of amides is 1. The minimum Gasteiger partial charge on any atom is -0.342 e. The van der Waals surface area contributed by atoms with Gasteiger partial charge in [-0.2, -0.15) is 0 Å². The van der Waals surface area contributed by atoms with E-state index < -0.39 is 0 Å².